The molecule has 0 bridgehead atoms. The molecule has 1 saturated heterocycles. The standard InChI is InChI=1S/C22H31N3O2/c1-16-2-4-18(5-3-16)15-23-21(27)25-12-10-22(11-13-25,14-17-6-7-17)24-20(26)19-8-9-19/h2-5,17,19H,6-15H2,1H3,(H,23,27)(H,24,26). The van der Waals surface area contributed by atoms with Gasteiger partial charge in [0.1, 0.15) is 0 Å². The SMILES string of the molecule is Cc1ccc(CNC(=O)N2CCC(CC3CC3)(NC(=O)C3CC3)CC2)cc1. The Morgan fingerprint density at radius 2 is 1.74 bits per heavy atom. The number of nitrogens with one attached hydrogen (secondary N) is 2. The van der Waals surface area contributed by atoms with Crippen LogP contribution in [0.3, 0.4) is 0 Å². The molecule has 0 spiro atoms. The molecular formula is C22H31N3O2. The van der Waals surface area contributed by atoms with Crippen molar-refractivity contribution < 1.29 is 9.59 Å². The highest BCUT2D eigenvalue weighted by molar-refractivity contribution is 5.81. The fourth-order valence-corrected chi connectivity index (χ4v) is 4.10. The smallest absolute Gasteiger partial charge is 0.317 e. The quantitative estimate of drug-likeness (QED) is 0.808. The second-order valence-electron chi connectivity index (χ2n) is 8.82. The van der Waals surface area contributed by atoms with E-state index in [0.29, 0.717) is 6.54 Å². The molecule has 0 unspecified atom stereocenters. The average molecular weight is 370 g/mol. The molecule has 2 aliphatic carbocycles. The predicted molar refractivity (Wildman–Crippen MR) is 105 cm³/mol. The van der Waals surface area contributed by atoms with E-state index in [-0.39, 0.29) is 23.4 Å². The van der Waals surface area contributed by atoms with Crippen LogP contribution >= 0.6 is 0 Å². The summed E-state index contributed by atoms with van der Waals surface area (Å²) in [6, 6.07) is 8.25. The molecule has 0 atom stereocenters. The molecule has 1 aromatic rings. The van der Waals surface area contributed by atoms with Gasteiger partial charge in [-0.3, -0.25) is 4.79 Å². The van der Waals surface area contributed by atoms with Crippen LogP contribution in [-0.4, -0.2) is 35.5 Å². The van der Waals surface area contributed by atoms with E-state index in [2.05, 4.69) is 41.8 Å². The number of rotatable bonds is 6. The molecule has 0 aromatic heterocycles. The number of urea groups is 1. The molecule has 1 heterocycles. The van der Waals surface area contributed by atoms with Crippen molar-refractivity contribution in [2.75, 3.05) is 13.1 Å². The summed E-state index contributed by atoms with van der Waals surface area (Å²) in [6.45, 7) is 4.06. The molecular weight excluding hydrogens is 338 g/mol. The van der Waals surface area contributed by atoms with Crippen molar-refractivity contribution in [3.63, 3.8) is 0 Å². The zero-order chi connectivity index (χ0) is 18.9. The van der Waals surface area contributed by atoms with Crippen LogP contribution in [0.1, 0.15) is 56.1 Å². The molecule has 3 aliphatic rings. The molecule has 0 radical (unpaired) electrons. The normalized spacial score (nSPS) is 21.6. The fourth-order valence-electron chi connectivity index (χ4n) is 4.10. The Labute approximate surface area is 161 Å². The first-order valence-corrected chi connectivity index (χ1v) is 10.4. The number of likely N-dealkylation sites (tertiary alicyclic amines) is 1. The largest absolute Gasteiger partial charge is 0.350 e. The topological polar surface area (TPSA) is 61.4 Å². The molecule has 3 fully saturated rings. The second kappa shape index (κ2) is 7.53. The third-order valence-electron chi connectivity index (χ3n) is 6.28. The van der Waals surface area contributed by atoms with Gasteiger partial charge in [0.05, 0.1) is 0 Å². The van der Waals surface area contributed by atoms with E-state index in [0.717, 1.165) is 56.7 Å². The van der Waals surface area contributed by atoms with Crippen molar-refractivity contribution in [3.8, 4) is 0 Å². The molecule has 146 valence electrons. The summed E-state index contributed by atoms with van der Waals surface area (Å²) in [4.78, 5) is 26.8. The minimum absolute atomic E-state index is 0.00381. The van der Waals surface area contributed by atoms with Gasteiger partial charge in [-0.05, 0) is 50.5 Å². The molecule has 3 amide bonds. The summed E-state index contributed by atoms with van der Waals surface area (Å²) >= 11 is 0. The maximum Gasteiger partial charge on any atom is 0.317 e. The van der Waals surface area contributed by atoms with E-state index in [9.17, 15) is 9.59 Å². The molecule has 5 nitrogen and oxygen atoms in total. The lowest BCUT2D eigenvalue weighted by atomic mass is 9.82. The van der Waals surface area contributed by atoms with Crippen LogP contribution in [-0.2, 0) is 11.3 Å². The molecule has 5 heteroatoms. The van der Waals surface area contributed by atoms with Crippen molar-refractivity contribution in [2.45, 2.75) is 64.0 Å². The zero-order valence-corrected chi connectivity index (χ0v) is 16.3. The Hall–Kier alpha value is -2.04. The van der Waals surface area contributed by atoms with Gasteiger partial charge in [0, 0.05) is 31.1 Å². The Bertz CT molecular complexity index is 684. The van der Waals surface area contributed by atoms with Gasteiger partial charge in [0.2, 0.25) is 5.91 Å². The van der Waals surface area contributed by atoms with E-state index in [1.54, 1.807) is 0 Å². The van der Waals surface area contributed by atoms with Gasteiger partial charge in [-0.1, -0.05) is 42.7 Å². The first-order valence-electron chi connectivity index (χ1n) is 10.4. The van der Waals surface area contributed by atoms with Crippen molar-refractivity contribution in [2.24, 2.45) is 11.8 Å². The van der Waals surface area contributed by atoms with E-state index in [1.807, 2.05) is 4.90 Å². The summed E-state index contributed by atoms with van der Waals surface area (Å²) in [6.07, 6.45) is 7.51. The predicted octanol–water partition coefficient (Wildman–Crippen LogP) is 3.37. The lowest BCUT2D eigenvalue weighted by molar-refractivity contribution is -0.125. The number of nitrogens with zero attached hydrogens (tertiary/aromatic N) is 1. The summed E-state index contributed by atoms with van der Waals surface area (Å²) < 4.78 is 0. The Kier molecular flexibility index (Phi) is 5.11. The summed E-state index contributed by atoms with van der Waals surface area (Å²) in [5.74, 6) is 1.26. The maximum absolute atomic E-state index is 12.6. The summed E-state index contributed by atoms with van der Waals surface area (Å²) in [7, 11) is 0. The first-order chi connectivity index (χ1) is 13.0. The van der Waals surface area contributed by atoms with Crippen LogP contribution in [0.5, 0.6) is 0 Å². The molecule has 2 N–H and O–H groups in total. The summed E-state index contributed by atoms with van der Waals surface area (Å²) in [5, 5.41) is 6.43. The van der Waals surface area contributed by atoms with Gasteiger partial charge in [-0.25, -0.2) is 4.79 Å². The number of piperidine rings is 1. The molecule has 1 aliphatic heterocycles. The van der Waals surface area contributed by atoms with E-state index in [4.69, 9.17) is 0 Å². The fraction of sp³-hybridized carbons (Fsp3) is 0.636. The number of aryl methyl sites for hydroxylation is 1. The highest BCUT2D eigenvalue weighted by Crippen LogP contribution is 2.41. The van der Waals surface area contributed by atoms with Crippen molar-refractivity contribution in [1.29, 1.82) is 0 Å². The Balaban J connectivity index is 1.29. The van der Waals surface area contributed by atoms with Crippen LogP contribution < -0.4 is 10.6 Å². The monoisotopic (exact) mass is 369 g/mol. The van der Waals surface area contributed by atoms with E-state index >= 15 is 0 Å². The second-order valence-corrected chi connectivity index (χ2v) is 8.82. The number of carbonyl (C=O) groups excluding carboxylic acids is 2. The van der Waals surface area contributed by atoms with Crippen LogP contribution in [0.2, 0.25) is 0 Å². The molecule has 2 saturated carbocycles. The van der Waals surface area contributed by atoms with Gasteiger partial charge < -0.3 is 15.5 Å². The van der Waals surface area contributed by atoms with Gasteiger partial charge in [-0.15, -0.1) is 0 Å². The minimum Gasteiger partial charge on any atom is -0.350 e. The average Bonchev–Trinajstić information content (AvgIpc) is 3.55. The molecule has 4 rings (SSSR count). The van der Waals surface area contributed by atoms with Crippen LogP contribution in [0.15, 0.2) is 24.3 Å². The van der Waals surface area contributed by atoms with Crippen molar-refractivity contribution in [1.82, 2.24) is 15.5 Å². The van der Waals surface area contributed by atoms with Crippen molar-refractivity contribution in [3.05, 3.63) is 35.4 Å². The van der Waals surface area contributed by atoms with Crippen molar-refractivity contribution >= 4 is 11.9 Å². The number of carbonyl (C=O) groups is 2. The maximum atomic E-state index is 12.6. The van der Waals surface area contributed by atoms with E-state index in [1.165, 1.54) is 18.4 Å². The number of benzene rings is 1. The zero-order valence-electron chi connectivity index (χ0n) is 16.3. The van der Waals surface area contributed by atoms with Crippen LogP contribution in [0.4, 0.5) is 4.79 Å². The number of hydrogen-bond donors (Lipinski definition) is 2. The van der Waals surface area contributed by atoms with E-state index < -0.39 is 0 Å². The third-order valence-corrected chi connectivity index (χ3v) is 6.28. The molecule has 1 aromatic carbocycles. The first kappa shape index (κ1) is 18.3. The highest BCUT2D eigenvalue weighted by atomic mass is 16.2. The lowest BCUT2D eigenvalue weighted by Gasteiger charge is -2.42. The summed E-state index contributed by atoms with van der Waals surface area (Å²) in [5.41, 5.74) is 2.25. The van der Waals surface area contributed by atoms with Gasteiger partial charge in [0.25, 0.3) is 0 Å². The van der Waals surface area contributed by atoms with Crippen LogP contribution in [0, 0.1) is 18.8 Å². The van der Waals surface area contributed by atoms with Gasteiger partial charge in [0.15, 0.2) is 0 Å². The number of amides is 3. The highest BCUT2D eigenvalue weighted by Gasteiger charge is 2.43. The third kappa shape index (κ3) is 4.82. The Morgan fingerprint density at radius 3 is 2.33 bits per heavy atom. The molecule has 27 heavy (non-hydrogen) atoms. The lowest BCUT2D eigenvalue weighted by Crippen LogP contribution is -2.57. The number of hydrogen-bond acceptors (Lipinski definition) is 2. The van der Waals surface area contributed by atoms with Crippen LogP contribution in [0.25, 0.3) is 0 Å². The Morgan fingerprint density at radius 1 is 1.07 bits per heavy atom. The van der Waals surface area contributed by atoms with Gasteiger partial charge in [-0.2, -0.15) is 0 Å². The minimum atomic E-state index is -0.0887. The van der Waals surface area contributed by atoms with Gasteiger partial charge >= 0.3 is 6.03 Å².